The molecule has 0 unspecified atom stereocenters. The molecular weight excluding hydrogens is 282 g/mol. The number of aromatic carboxylic acids is 1. The standard InChI is InChI=1S/C12H19N3O4S/c1-8(2)11-14-7-9(10(15-11)12(16)17)13-5-4-6-20(3,18)19/h7-8,13H,4-6H2,1-3H3,(H,16,17). The van der Waals surface area contributed by atoms with Gasteiger partial charge in [-0.05, 0) is 6.42 Å². The number of nitrogens with one attached hydrogen (secondary N) is 1. The summed E-state index contributed by atoms with van der Waals surface area (Å²) in [5.41, 5.74) is 0.207. The first kappa shape index (κ1) is 16.4. The summed E-state index contributed by atoms with van der Waals surface area (Å²) in [5.74, 6) is -0.593. The van der Waals surface area contributed by atoms with E-state index in [0.29, 0.717) is 24.5 Å². The Balaban J connectivity index is 2.77. The SMILES string of the molecule is CC(C)c1ncc(NCCCS(C)(=O)=O)c(C(=O)O)n1. The molecule has 0 aliphatic heterocycles. The number of nitrogens with zero attached hydrogens (tertiary/aromatic N) is 2. The Labute approximate surface area is 118 Å². The van der Waals surface area contributed by atoms with Crippen LogP contribution in [0.3, 0.4) is 0 Å². The molecular formula is C12H19N3O4S. The van der Waals surface area contributed by atoms with Gasteiger partial charge in [-0.15, -0.1) is 0 Å². The number of hydrogen-bond acceptors (Lipinski definition) is 6. The molecule has 20 heavy (non-hydrogen) atoms. The van der Waals surface area contributed by atoms with E-state index in [2.05, 4.69) is 15.3 Å². The second-order valence-electron chi connectivity index (χ2n) is 4.86. The van der Waals surface area contributed by atoms with Crippen molar-refractivity contribution in [1.29, 1.82) is 0 Å². The predicted molar refractivity (Wildman–Crippen MR) is 75.9 cm³/mol. The number of carboxylic acid groups (broad SMARTS) is 1. The summed E-state index contributed by atoms with van der Waals surface area (Å²) in [6.07, 6.45) is 2.98. The van der Waals surface area contributed by atoms with Crippen molar-refractivity contribution in [3.05, 3.63) is 17.7 Å². The van der Waals surface area contributed by atoms with Crippen LogP contribution >= 0.6 is 0 Å². The van der Waals surface area contributed by atoms with E-state index in [1.165, 1.54) is 6.20 Å². The molecule has 1 heterocycles. The molecule has 0 atom stereocenters. The molecule has 1 aromatic rings. The Kier molecular flexibility index (Phi) is 5.43. The van der Waals surface area contributed by atoms with Gasteiger partial charge in [0.25, 0.3) is 0 Å². The molecule has 0 spiro atoms. The van der Waals surface area contributed by atoms with Crippen molar-refractivity contribution in [2.24, 2.45) is 0 Å². The Hall–Kier alpha value is -1.70. The van der Waals surface area contributed by atoms with E-state index < -0.39 is 15.8 Å². The van der Waals surface area contributed by atoms with Gasteiger partial charge in [0.1, 0.15) is 15.7 Å². The number of rotatable bonds is 7. The van der Waals surface area contributed by atoms with Crippen molar-refractivity contribution < 1.29 is 18.3 Å². The predicted octanol–water partition coefficient (Wildman–Crippen LogP) is 1.14. The van der Waals surface area contributed by atoms with Crippen molar-refractivity contribution in [3.63, 3.8) is 0 Å². The van der Waals surface area contributed by atoms with Gasteiger partial charge in [-0.2, -0.15) is 0 Å². The van der Waals surface area contributed by atoms with Gasteiger partial charge in [0.05, 0.1) is 17.6 Å². The molecule has 0 aliphatic carbocycles. The monoisotopic (exact) mass is 301 g/mol. The van der Waals surface area contributed by atoms with Crippen molar-refractivity contribution in [3.8, 4) is 0 Å². The number of anilines is 1. The van der Waals surface area contributed by atoms with Crippen molar-refractivity contribution in [2.45, 2.75) is 26.2 Å². The van der Waals surface area contributed by atoms with Crippen LogP contribution < -0.4 is 5.32 Å². The fourth-order valence-corrected chi connectivity index (χ4v) is 2.19. The minimum atomic E-state index is -3.01. The molecule has 1 rings (SSSR count). The average Bonchev–Trinajstić information content (AvgIpc) is 2.33. The molecule has 1 aromatic heterocycles. The molecule has 0 radical (unpaired) electrons. The third-order valence-corrected chi connectivity index (χ3v) is 3.56. The van der Waals surface area contributed by atoms with E-state index in [9.17, 15) is 13.2 Å². The molecule has 7 nitrogen and oxygen atoms in total. The van der Waals surface area contributed by atoms with Gasteiger partial charge < -0.3 is 10.4 Å². The topological polar surface area (TPSA) is 109 Å². The van der Waals surface area contributed by atoms with Crippen LogP contribution in [0.5, 0.6) is 0 Å². The summed E-state index contributed by atoms with van der Waals surface area (Å²) in [4.78, 5) is 19.3. The summed E-state index contributed by atoms with van der Waals surface area (Å²) in [6.45, 7) is 4.10. The Bertz CT molecular complexity index is 584. The highest BCUT2D eigenvalue weighted by molar-refractivity contribution is 7.90. The first-order valence-electron chi connectivity index (χ1n) is 6.22. The Morgan fingerprint density at radius 3 is 2.60 bits per heavy atom. The number of carbonyl (C=O) groups is 1. The zero-order chi connectivity index (χ0) is 15.3. The van der Waals surface area contributed by atoms with Crippen LogP contribution in [0.15, 0.2) is 6.20 Å². The van der Waals surface area contributed by atoms with Gasteiger partial charge in [0, 0.05) is 18.7 Å². The highest BCUT2D eigenvalue weighted by Gasteiger charge is 2.15. The van der Waals surface area contributed by atoms with Crippen molar-refractivity contribution >= 4 is 21.5 Å². The Morgan fingerprint density at radius 1 is 1.45 bits per heavy atom. The number of aromatic nitrogens is 2. The van der Waals surface area contributed by atoms with E-state index in [1.54, 1.807) is 0 Å². The largest absolute Gasteiger partial charge is 0.476 e. The van der Waals surface area contributed by atoms with Gasteiger partial charge in [0.15, 0.2) is 5.69 Å². The smallest absolute Gasteiger partial charge is 0.356 e. The van der Waals surface area contributed by atoms with E-state index in [-0.39, 0.29) is 17.4 Å². The quantitative estimate of drug-likeness (QED) is 0.727. The fraction of sp³-hybridized carbons (Fsp3) is 0.583. The van der Waals surface area contributed by atoms with E-state index in [0.717, 1.165) is 6.26 Å². The third kappa shape index (κ3) is 5.12. The van der Waals surface area contributed by atoms with Crippen molar-refractivity contribution in [1.82, 2.24) is 9.97 Å². The minimum absolute atomic E-state index is 0.0346. The van der Waals surface area contributed by atoms with E-state index in [1.807, 2.05) is 13.8 Å². The minimum Gasteiger partial charge on any atom is -0.476 e. The van der Waals surface area contributed by atoms with Gasteiger partial charge in [0.2, 0.25) is 0 Å². The second-order valence-corrected chi connectivity index (χ2v) is 7.12. The highest BCUT2D eigenvalue weighted by atomic mass is 32.2. The van der Waals surface area contributed by atoms with Crippen LogP contribution in [0.25, 0.3) is 0 Å². The lowest BCUT2D eigenvalue weighted by molar-refractivity contribution is 0.0691. The van der Waals surface area contributed by atoms with Gasteiger partial charge in [-0.25, -0.2) is 23.2 Å². The Morgan fingerprint density at radius 2 is 2.10 bits per heavy atom. The zero-order valence-corrected chi connectivity index (χ0v) is 12.6. The van der Waals surface area contributed by atoms with Gasteiger partial charge in [-0.1, -0.05) is 13.8 Å². The first-order chi connectivity index (χ1) is 9.20. The summed E-state index contributed by atoms with van der Waals surface area (Å²) >= 11 is 0. The molecule has 0 fully saturated rings. The molecule has 0 aromatic carbocycles. The van der Waals surface area contributed by atoms with Crippen LogP contribution in [0, 0.1) is 0 Å². The summed E-state index contributed by atoms with van der Waals surface area (Å²) in [5, 5.41) is 12.0. The van der Waals surface area contributed by atoms with Crippen LogP contribution in [0.4, 0.5) is 5.69 Å². The van der Waals surface area contributed by atoms with E-state index in [4.69, 9.17) is 5.11 Å². The van der Waals surface area contributed by atoms with Crippen LogP contribution in [0.2, 0.25) is 0 Å². The van der Waals surface area contributed by atoms with E-state index >= 15 is 0 Å². The molecule has 0 aliphatic rings. The summed E-state index contributed by atoms with van der Waals surface area (Å²) in [6, 6.07) is 0. The molecule has 0 saturated heterocycles. The molecule has 0 saturated carbocycles. The van der Waals surface area contributed by atoms with Crippen molar-refractivity contribution in [2.75, 3.05) is 23.9 Å². The summed E-state index contributed by atoms with van der Waals surface area (Å²) < 4.78 is 22.0. The lowest BCUT2D eigenvalue weighted by Crippen LogP contribution is -2.14. The maximum absolute atomic E-state index is 11.2. The molecule has 2 N–H and O–H groups in total. The lowest BCUT2D eigenvalue weighted by atomic mass is 10.2. The van der Waals surface area contributed by atoms with Gasteiger partial charge >= 0.3 is 5.97 Å². The number of sulfone groups is 1. The number of carboxylic acids is 1. The first-order valence-corrected chi connectivity index (χ1v) is 8.28. The maximum Gasteiger partial charge on any atom is 0.356 e. The molecule has 112 valence electrons. The lowest BCUT2D eigenvalue weighted by Gasteiger charge is -2.10. The molecule has 8 heteroatoms. The second kappa shape index (κ2) is 6.65. The summed E-state index contributed by atoms with van der Waals surface area (Å²) in [7, 11) is -3.01. The zero-order valence-electron chi connectivity index (χ0n) is 11.8. The van der Waals surface area contributed by atoms with Gasteiger partial charge in [-0.3, -0.25) is 0 Å². The average molecular weight is 301 g/mol. The van der Waals surface area contributed by atoms with Crippen LogP contribution in [-0.2, 0) is 9.84 Å². The third-order valence-electron chi connectivity index (χ3n) is 2.53. The maximum atomic E-state index is 11.2. The normalized spacial score (nSPS) is 11.6. The highest BCUT2D eigenvalue weighted by Crippen LogP contribution is 2.16. The molecule has 0 amide bonds. The van der Waals surface area contributed by atoms with Crippen LogP contribution in [-0.4, -0.2) is 48.0 Å². The van der Waals surface area contributed by atoms with Crippen LogP contribution in [0.1, 0.15) is 42.5 Å². The fourth-order valence-electron chi connectivity index (χ4n) is 1.52. The molecule has 0 bridgehead atoms. The number of hydrogen-bond donors (Lipinski definition) is 2.